The van der Waals surface area contributed by atoms with Gasteiger partial charge in [-0.25, -0.2) is 8.78 Å². The minimum Gasteiger partial charge on any atom is -0.391 e. The molecule has 0 heterocycles. The van der Waals surface area contributed by atoms with Crippen LogP contribution in [0, 0.1) is 23.0 Å². The highest BCUT2D eigenvalue weighted by atomic mass is 19.1. The van der Waals surface area contributed by atoms with Crippen LogP contribution in [0.3, 0.4) is 0 Å². The average Bonchev–Trinajstić information content (AvgIpc) is 2.27. The van der Waals surface area contributed by atoms with E-state index in [1.165, 1.54) is 0 Å². The summed E-state index contributed by atoms with van der Waals surface area (Å²) in [4.78, 5) is 0. The Bertz CT molecular complexity index is 422. The maximum atomic E-state index is 13.3. The molecule has 0 bridgehead atoms. The molecular formula is C11H11F2NO3. The quantitative estimate of drug-likeness (QED) is 0.729. The summed E-state index contributed by atoms with van der Waals surface area (Å²) in [7, 11) is 0. The van der Waals surface area contributed by atoms with Gasteiger partial charge in [-0.3, -0.25) is 0 Å². The van der Waals surface area contributed by atoms with E-state index in [1.807, 2.05) is 0 Å². The molecule has 0 fully saturated rings. The Morgan fingerprint density at radius 3 is 2.18 bits per heavy atom. The zero-order valence-electron chi connectivity index (χ0n) is 8.77. The number of hydrogen-bond donors (Lipinski definition) is 3. The van der Waals surface area contributed by atoms with Crippen molar-refractivity contribution in [1.29, 1.82) is 5.26 Å². The molecule has 17 heavy (non-hydrogen) atoms. The third-order valence-corrected chi connectivity index (χ3v) is 2.33. The highest BCUT2D eigenvalue weighted by Crippen LogP contribution is 2.23. The van der Waals surface area contributed by atoms with Crippen LogP contribution in [0.1, 0.15) is 23.7 Å². The van der Waals surface area contributed by atoms with Gasteiger partial charge in [0.25, 0.3) is 0 Å². The Morgan fingerprint density at radius 2 is 1.76 bits per heavy atom. The van der Waals surface area contributed by atoms with Crippen molar-refractivity contribution in [3.63, 3.8) is 0 Å². The summed E-state index contributed by atoms with van der Waals surface area (Å²) in [6.07, 6.45) is -3.32. The molecule has 0 saturated heterocycles. The summed E-state index contributed by atoms with van der Waals surface area (Å²) in [5.74, 6) is -2.02. The van der Waals surface area contributed by atoms with Gasteiger partial charge in [0.2, 0.25) is 0 Å². The van der Waals surface area contributed by atoms with E-state index in [0.717, 1.165) is 12.1 Å². The van der Waals surface area contributed by atoms with E-state index in [2.05, 4.69) is 0 Å². The number of aliphatic hydroxyl groups excluding tert-OH is 3. The van der Waals surface area contributed by atoms with Crippen molar-refractivity contribution in [2.75, 3.05) is 0 Å². The molecule has 0 aliphatic carbocycles. The zero-order chi connectivity index (χ0) is 13.0. The number of benzene rings is 1. The minimum atomic E-state index is -1.55. The summed E-state index contributed by atoms with van der Waals surface area (Å²) < 4.78 is 26.5. The van der Waals surface area contributed by atoms with Gasteiger partial charge in [0, 0.05) is 5.56 Å². The van der Waals surface area contributed by atoms with Crippen LogP contribution in [0.2, 0.25) is 0 Å². The number of aliphatic hydroxyl groups is 3. The van der Waals surface area contributed by atoms with Crippen LogP contribution in [-0.4, -0.2) is 21.4 Å². The Labute approximate surface area is 96.4 Å². The maximum Gasteiger partial charge on any atom is 0.132 e. The smallest absolute Gasteiger partial charge is 0.132 e. The van der Waals surface area contributed by atoms with Crippen LogP contribution in [0.25, 0.3) is 0 Å². The first-order valence-electron chi connectivity index (χ1n) is 4.83. The monoisotopic (exact) mass is 243 g/mol. The summed E-state index contributed by atoms with van der Waals surface area (Å²) in [5, 5.41) is 35.9. The number of hydrogen-bond acceptors (Lipinski definition) is 4. The van der Waals surface area contributed by atoms with Gasteiger partial charge in [-0.05, 0) is 17.7 Å². The van der Waals surface area contributed by atoms with Crippen molar-refractivity contribution in [3.8, 4) is 6.07 Å². The molecule has 0 aromatic heterocycles. The number of nitrogens with zero attached hydrogens (tertiary/aromatic N) is 1. The van der Waals surface area contributed by atoms with Gasteiger partial charge in [-0.2, -0.15) is 5.26 Å². The first-order chi connectivity index (χ1) is 8.01. The Morgan fingerprint density at radius 1 is 1.24 bits per heavy atom. The lowest BCUT2D eigenvalue weighted by atomic mass is 10.0. The first kappa shape index (κ1) is 13.5. The molecule has 0 radical (unpaired) electrons. The van der Waals surface area contributed by atoms with Gasteiger partial charge in [-0.15, -0.1) is 0 Å². The van der Waals surface area contributed by atoms with E-state index in [1.54, 1.807) is 6.07 Å². The lowest BCUT2D eigenvalue weighted by molar-refractivity contribution is 0.0212. The van der Waals surface area contributed by atoms with Crippen LogP contribution in [0.5, 0.6) is 0 Å². The molecule has 0 aliphatic heterocycles. The second-order valence-corrected chi connectivity index (χ2v) is 3.50. The molecule has 3 N–H and O–H groups in total. The van der Waals surface area contributed by atoms with E-state index in [-0.39, 0.29) is 12.0 Å². The number of rotatable bonds is 4. The molecule has 92 valence electrons. The fourth-order valence-electron chi connectivity index (χ4n) is 1.37. The van der Waals surface area contributed by atoms with Gasteiger partial charge in [0.15, 0.2) is 0 Å². The average molecular weight is 243 g/mol. The molecule has 2 atom stereocenters. The predicted molar refractivity (Wildman–Crippen MR) is 53.5 cm³/mol. The molecule has 0 aliphatic rings. The van der Waals surface area contributed by atoms with Crippen molar-refractivity contribution in [3.05, 3.63) is 34.9 Å². The number of halogens is 2. The fraction of sp³-hybridized carbons (Fsp3) is 0.364. The van der Waals surface area contributed by atoms with Crippen molar-refractivity contribution >= 4 is 0 Å². The van der Waals surface area contributed by atoms with E-state index in [9.17, 15) is 19.0 Å². The second-order valence-electron chi connectivity index (χ2n) is 3.50. The van der Waals surface area contributed by atoms with Crippen molar-refractivity contribution < 1.29 is 24.1 Å². The van der Waals surface area contributed by atoms with Gasteiger partial charge in [0.05, 0.1) is 25.2 Å². The minimum absolute atomic E-state index is 0.181. The van der Waals surface area contributed by atoms with Crippen LogP contribution in [0.15, 0.2) is 12.1 Å². The molecule has 2 unspecified atom stereocenters. The van der Waals surface area contributed by atoms with Crippen LogP contribution in [0.4, 0.5) is 8.78 Å². The lowest BCUT2D eigenvalue weighted by Crippen LogP contribution is -2.18. The topological polar surface area (TPSA) is 84.5 Å². The molecular weight excluding hydrogens is 232 g/mol. The third-order valence-electron chi connectivity index (χ3n) is 2.33. The van der Waals surface area contributed by atoms with E-state index >= 15 is 0 Å². The molecule has 0 amide bonds. The summed E-state index contributed by atoms with van der Waals surface area (Å²) >= 11 is 0. The Kier molecular flexibility index (Phi) is 4.52. The largest absolute Gasteiger partial charge is 0.391 e. The molecule has 4 nitrogen and oxygen atoms in total. The van der Waals surface area contributed by atoms with Gasteiger partial charge < -0.3 is 15.3 Å². The van der Waals surface area contributed by atoms with E-state index < -0.39 is 36.0 Å². The third kappa shape index (κ3) is 2.97. The zero-order valence-corrected chi connectivity index (χ0v) is 8.77. The van der Waals surface area contributed by atoms with E-state index in [0.29, 0.717) is 0 Å². The Balaban J connectivity index is 3.04. The number of nitriles is 1. The summed E-state index contributed by atoms with van der Waals surface area (Å²) in [5.41, 5.74) is -0.685. The lowest BCUT2D eigenvalue weighted by Gasteiger charge is -2.16. The fourth-order valence-corrected chi connectivity index (χ4v) is 1.37. The molecule has 1 aromatic carbocycles. The van der Waals surface area contributed by atoms with Crippen LogP contribution < -0.4 is 0 Å². The second kappa shape index (κ2) is 5.68. The Hall–Kier alpha value is -1.55. The van der Waals surface area contributed by atoms with Gasteiger partial charge >= 0.3 is 0 Å². The van der Waals surface area contributed by atoms with Crippen LogP contribution >= 0.6 is 0 Å². The summed E-state index contributed by atoms with van der Waals surface area (Å²) in [6, 6.07) is 3.27. The van der Waals surface area contributed by atoms with Gasteiger partial charge in [0.1, 0.15) is 17.7 Å². The molecule has 0 spiro atoms. The molecule has 0 saturated carbocycles. The normalized spacial score (nSPS) is 14.1. The van der Waals surface area contributed by atoms with Crippen molar-refractivity contribution in [1.82, 2.24) is 0 Å². The highest BCUT2D eigenvalue weighted by molar-refractivity contribution is 5.28. The molecule has 1 aromatic rings. The highest BCUT2D eigenvalue weighted by Gasteiger charge is 2.21. The summed E-state index contributed by atoms with van der Waals surface area (Å²) in [6.45, 7) is -0.797. The maximum absolute atomic E-state index is 13.3. The standard InChI is InChI=1S/C11H11F2NO3/c12-8-3-6(4-9(13)7(8)5-15)11(17)10(16)1-2-14/h3-4,10-11,15-17H,1,5H2. The molecule has 6 heteroatoms. The first-order valence-corrected chi connectivity index (χ1v) is 4.83. The predicted octanol–water partition coefficient (Wildman–Crippen LogP) is 0.765. The molecule has 1 rings (SSSR count). The van der Waals surface area contributed by atoms with Crippen LogP contribution in [-0.2, 0) is 6.61 Å². The van der Waals surface area contributed by atoms with Crippen molar-refractivity contribution in [2.45, 2.75) is 25.2 Å². The van der Waals surface area contributed by atoms with E-state index in [4.69, 9.17) is 10.4 Å². The van der Waals surface area contributed by atoms with Gasteiger partial charge in [-0.1, -0.05) is 0 Å². The van der Waals surface area contributed by atoms with Crippen molar-refractivity contribution in [2.24, 2.45) is 0 Å². The SMILES string of the molecule is N#CCC(O)C(O)c1cc(F)c(CO)c(F)c1.